The Hall–Kier alpha value is -1.47. The van der Waals surface area contributed by atoms with Crippen LogP contribution in [0.1, 0.15) is 28.9 Å². The molecule has 0 spiro atoms. The fraction of sp³-hybridized carbons (Fsp3) is 0.615. The van der Waals surface area contributed by atoms with Gasteiger partial charge in [-0.2, -0.15) is 0 Å². The van der Waals surface area contributed by atoms with Crippen molar-refractivity contribution in [1.82, 2.24) is 5.32 Å². The van der Waals surface area contributed by atoms with Crippen LogP contribution < -0.4 is 26.4 Å². The summed E-state index contributed by atoms with van der Waals surface area (Å²) in [6, 6.07) is 0.491. The lowest BCUT2D eigenvalue weighted by Gasteiger charge is -2.17. The minimum atomic E-state index is -0.0944. The molecule has 1 saturated heterocycles. The third-order valence-corrected chi connectivity index (χ3v) is 4.96. The molecule has 2 fully saturated rings. The van der Waals surface area contributed by atoms with Crippen molar-refractivity contribution in [2.24, 2.45) is 5.73 Å². The molecule has 2 aliphatic rings. The predicted octanol–water partition coefficient (Wildman–Crippen LogP) is 0.769. The van der Waals surface area contributed by atoms with E-state index < -0.39 is 0 Å². The van der Waals surface area contributed by atoms with Crippen LogP contribution in [-0.4, -0.2) is 38.2 Å². The molecule has 1 saturated carbocycles. The summed E-state index contributed by atoms with van der Waals surface area (Å²) in [5, 5.41) is 3.88. The van der Waals surface area contributed by atoms with E-state index >= 15 is 0 Å². The van der Waals surface area contributed by atoms with Crippen LogP contribution in [0.15, 0.2) is 0 Å². The second kappa shape index (κ2) is 5.14. The zero-order chi connectivity index (χ0) is 14.3. The number of nitrogens with two attached hydrogens (primary N) is 2. The van der Waals surface area contributed by atoms with E-state index in [2.05, 4.69) is 10.2 Å². The standard InChI is InChI=1S/C13H20N4O2S/c1-19-10-9(15)11(12(18)16-8-2-3-8)20-13(10)17-5-4-7(14)6-17/h7-8H,2-6,14-15H2,1H3,(H,16,18). The molecule has 1 atom stereocenters. The monoisotopic (exact) mass is 296 g/mol. The van der Waals surface area contributed by atoms with E-state index in [-0.39, 0.29) is 11.9 Å². The predicted molar refractivity (Wildman–Crippen MR) is 80.6 cm³/mol. The second-order valence-corrected chi connectivity index (χ2v) is 6.42. The Morgan fingerprint density at radius 1 is 1.45 bits per heavy atom. The molecule has 1 aromatic rings. The van der Waals surface area contributed by atoms with Crippen molar-refractivity contribution in [1.29, 1.82) is 0 Å². The van der Waals surface area contributed by atoms with Crippen LogP contribution in [-0.2, 0) is 0 Å². The average Bonchev–Trinajstić information content (AvgIpc) is 3.01. The summed E-state index contributed by atoms with van der Waals surface area (Å²) in [5.74, 6) is 0.507. The maximum atomic E-state index is 12.2. The van der Waals surface area contributed by atoms with Gasteiger partial charge in [0.25, 0.3) is 5.91 Å². The number of carbonyl (C=O) groups excluding carboxylic acids is 1. The van der Waals surface area contributed by atoms with Crippen molar-refractivity contribution in [3.63, 3.8) is 0 Å². The molecule has 1 aliphatic heterocycles. The number of methoxy groups -OCH3 is 1. The number of hydrogen-bond donors (Lipinski definition) is 3. The van der Waals surface area contributed by atoms with Crippen LogP contribution in [0.5, 0.6) is 5.75 Å². The van der Waals surface area contributed by atoms with Crippen LogP contribution in [0, 0.1) is 0 Å². The average molecular weight is 296 g/mol. The Balaban J connectivity index is 1.87. The SMILES string of the molecule is COc1c(N2CCC(N)C2)sc(C(=O)NC2CC2)c1N. The number of thiophene rings is 1. The first-order valence-electron chi connectivity index (χ1n) is 6.87. The molecule has 3 rings (SSSR count). The quantitative estimate of drug-likeness (QED) is 0.763. The summed E-state index contributed by atoms with van der Waals surface area (Å²) >= 11 is 1.40. The minimum Gasteiger partial charge on any atom is -0.492 e. The Morgan fingerprint density at radius 2 is 2.20 bits per heavy atom. The first-order valence-corrected chi connectivity index (χ1v) is 7.69. The molecular weight excluding hydrogens is 276 g/mol. The highest BCUT2D eigenvalue weighted by Crippen LogP contribution is 2.45. The van der Waals surface area contributed by atoms with E-state index in [0.717, 1.165) is 37.4 Å². The molecule has 1 amide bonds. The van der Waals surface area contributed by atoms with E-state index in [4.69, 9.17) is 16.2 Å². The molecule has 0 radical (unpaired) electrons. The van der Waals surface area contributed by atoms with Gasteiger partial charge in [0.2, 0.25) is 0 Å². The number of carbonyl (C=O) groups is 1. The summed E-state index contributed by atoms with van der Waals surface area (Å²) in [7, 11) is 1.58. The number of amides is 1. The summed E-state index contributed by atoms with van der Waals surface area (Å²) in [6.07, 6.45) is 3.06. The van der Waals surface area contributed by atoms with Crippen LogP contribution >= 0.6 is 11.3 Å². The summed E-state index contributed by atoms with van der Waals surface area (Å²) < 4.78 is 5.40. The highest BCUT2D eigenvalue weighted by atomic mass is 32.1. The first-order chi connectivity index (χ1) is 9.60. The largest absolute Gasteiger partial charge is 0.492 e. The molecule has 110 valence electrons. The van der Waals surface area contributed by atoms with Crippen LogP contribution in [0.4, 0.5) is 10.7 Å². The van der Waals surface area contributed by atoms with Gasteiger partial charge in [-0.25, -0.2) is 0 Å². The summed E-state index contributed by atoms with van der Waals surface area (Å²) in [4.78, 5) is 14.9. The van der Waals surface area contributed by atoms with Crippen molar-refractivity contribution in [2.45, 2.75) is 31.3 Å². The smallest absolute Gasteiger partial charge is 0.263 e. The van der Waals surface area contributed by atoms with E-state index in [0.29, 0.717) is 22.4 Å². The van der Waals surface area contributed by atoms with Crippen LogP contribution in [0.2, 0.25) is 0 Å². The summed E-state index contributed by atoms with van der Waals surface area (Å²) in [6.45, 7) is 1.65. The van der Waals surface area contributed by atoms with E-state index in [1.165, 1.54) is 11.3 Å². The Labute approximate surface area is 122 Å². The minimum absolute atomic E-state index is 0.0944. The number of nitrogen functional groups attached to an aromatic ring is 1. The molecule has 2 heterocycles. The van der Waals surface area contributed by atoms with E-state index in [1.54, 1.807) is 7.11 Å². The Bertz CT molecular complexity index is 527. The van der Waals surface area contributed by atoms with Crippen molar-refractivity contribution in [2.75, 3.05) is 30.8 Å². The zero-order valence-electron chi connectivity index (χ0n) is 11.5. The topological polar surface area (TPSA) is 93.6 Å². The third kappa shape index (κ3) is 2.43. The van der Waals surface area contributed by atoms with Gasteiger partial charge in [-0.1, -0.05) is 0 Å². The van der Waals surface area contributed by atoms with Crippen molar-refractivity contribution >= 4 is 27.9 Å². The first kappa shape index (κ1) is 13.5. The lowest BCUT2D eigenvalue weighted by atomic mass is 10.3. The van der Waals surface area contributed by atoms with Gasteiger partial charge in [0.15, 0.2) is 5.75 Å². The number of rotatable bonds is 4. The number of anilines is 2. The molecule has 7 heteroatoms. The number of hydrogen-bond acceptors (Lipinski definition) is 6. The van der Waals surface area contributed by atoms with E-state index in [1.807, 2.05) is 0 Å². The second-order valence-electron chi connectivity index (χ2n) is 5.43. The van der Waals surface area contributed by atoms with Crippen molar-refractivity contribution < 1.29 is 9.53 Å². The molecule has 1 aliphatic carbocycles. The number of nitrogens with zero attached hydrogens (tertiary/aromatic N) is 1. The molecule has 0 aromatic carbocycles. The van der Waals surface area contributed by atoms with Gasteiger partial charge in [-0.15, -0.1) is 11.3 Å². The zero-order valence-corrected chi connectivity index (χ0v) is 12.3. The molecule has 5 N–H and O–H groups in total. The van der Waals surface area contributed by atoms with E-state index in [9.17, 15) is 4.79 Å². The maximum absolute atomic E-state index is 12.2. The molecule has 6 nitrogen and oxygen atoms in total. The highest BCUT2D eigenvalue weighted by molar-refractivity contribution is 7.19. The van der Waals surface area contributed by atoms with Gasteiger partial charge in [0, 0.05) is 25.2 Å². The van der Waals surface area contributed by atoms with Gasteiger partial charge in [0.05, 0.1) is 7.11 Å². The molecular formula is C13H20N4O2S. The van der Waals surface area contributed by atoms with Crippen molar-refractivity contribution in [3.05, 3.63) is 4.88 Å². The lowest BCUT2D eigenvalue weighted by Crippen LogP contribution is -2.26. The lowest BCUT2D eigenvalue weighted by molar-refractivity contribution is 0.0956. The normalized spacial score (nSPS) is 22.1. The van der Waals surface area contributed by atoms with Gasteiger partial charge in [-0.05, 0) is 19.3 Å². The van der Waals surface area contributed by atoms with Gasteiger partial charge < -0.3 is 26.4 Å². The summed E-state index contributed by atoms with van der Waals surface area (Å²) in [5.41, 5.74) is 12.5. The van der Waals surface area contributed by atoms with Gasteiger partial charge in [0.1, 0.15) is 15.6 Å². The third-order valence-electron chi connectivity index (χ3n) is 3.72. The van der Waals surface area contributed by atoms with Crippen molar-refractivity contribution in [3.8, 4) is 5.75 Å². The Kier molecular flexibility index (Phi) is 3.47. The van der Waals surface area contributed by atoms with Crippen LogP contribution in [0.3, 0.4) is 0 Å². The highest BCUT2D eigenvalue weighted by Gasteiger charge is 2.31. The molecule has 0 bridgehead atoms. The maximum Gasteiger partial charge on any atom is 0.263 e. The van der Waals surface area contributed by atoms with Gasteiger partial charge >= 0.3 is 0 Å². The number of ether oxygens (including phenoxy) is 1. The molecule has 20 heavy (non-hydrogen) atoms. The molecule has 1 unspecified atom stereocenters. The fourth-order valence-electron chi connectivity index (χ4n) is 2.44. The fourth-order valence-corrected chi connectivity index (χ4v) is 3.57. The van der Waals surface area contributed by atoms with Crippen LogP contribution in [0.25, 0.3) is 0 Å². The Morgan fingerprint density at radius 3 is 2.75 bits per heavy atom. The van der Waals surface area contributed by atoms with Gasteiger partial charge in [-0.3, -0.25) is 4.79 Å². The molecule has 1 aromatic heterocycles. The number of nitrogens with one attached hydrogen (secondary N) is 1.